The predicted octanol–water partition coefficient (Wildman–Crippen LogP) is 13.4. The van der Waals surface area contributed by atoms with E-state index in [-0.39, 0.29) is 0 Å². The van der Waals surface area contributed by atoms with E-state index in [9.17, 15) is 0 Å². The number of hydrogen-bond acceptors (Lipinski definition) is 2. The van der Waals surface area contributed by atoms with Crippen LogP contribution in [0, 0.1) is 6.92 Å². The largest absolute Gasteiger partial charge is 0.436 e. The molecule has 234 valence electrons. The van der Waals surface area contributed by atoms with Crippen LogP contribution in [0.5, 0.6) is 0 Å². The van der Waals surface area contributed by atoms with Crippen molar-refractivity contribution in [3.63, 3.8) is 0 Å². The van der Waals surface area contributed by atoms with E-state index in [4.69, 9.17) is 9.40 Å². The molecule has 0 saturated carbocycles. The summed E-state index contributed by atoms with van der Waals surface area (Å²) in [5.74, 6) is 0.636. The molecule has 10 aromatic rings. The molecule has 0 saturated heterocycles. The van der Waals surface area contributed by atoms with Gasteiger partial charge in [0.05, 0.1) is 0 Å². The Morgan fingerprint density at radius 2 is 0.940 bits per heavy atom. The average Bonchev–Trinajstić information content (AvgIpc) is 3.60. The number of benzene rings is 9. The van der Waals surface area contributed by atoms with Gasteiger partial charge in [-0.2, -0.15) is 0 Å². The van der Waals surface area contributed by atoms with Crippen molar-refractivity contribution < 1.29 is 4.42 Å². The molecule has 1 aromatic heterocycles. The van der Waals surface area contributed by atoms with Crippen LogP contribution < -0.4 is 0 Å². The van der Waals surface area contributed by atoms with Crippen LogP contribution in [0.25, 0.3) is 99.4 Å². The summed E-state index contributed by atoms with van der Waals surface area (Å²) in [6, 6.07) is 61.1. The molecule has 0 radical (unpaired) electrons. The first kappa shape index (κ1) is 28.5. The summed E-state index contributed by atoms with van der Waals surface area (Å²) in [5.41, 5.74) is 13.4. The quantitative estimate of drug-likeness (QED) is 0.176. The van der Waals surface area contributed by atoms with E-state index in [0.29, 0.717) is 5.89 Å². The average molecular weight is 638 g/mol. The second-order valence-electron chi connectivity index (χ2n) is 13.1. The highest BCUT2D eigenvalue weighted by Crippen LogP contribution is 2.48. The van der Waals surface area contributed by atoms with E-state index in [1.165, 1.54) is 65.9 Å². The Morgan fingerprint density at radius 3 is 1.62 bits per heavy atom. The molecule has 0 atom stereocenters. The third-order valence-electron chi connectivity index (χ3n) is 10.2. The van der Waals surface area contributed by atoms with Crippen LogP contribution in [0.3, 0.4) is 0 Å². The molecule has 0 bridgehead atoms. The van der Waals surface area contributed by atoms with Gasteiger partial charge in [-0.1, -0.05) is 152 Å². The summed E-state index contributed by atoms with van der Waals surface area (Å²) < 4.78 is 6.55. The van der Waals surface area contributed by atoms with Crippen molar-refractivity contribution >= 4 is 43.4 Å². The van der Waals surface area contributed by atoms with E-state index < -0.39 is 0 Å². The van der Waals surface area contributed by atoms with Crippen LogP contribution in [0.1, 0.15) is 5.56 Å². The van der Waals surface area contributed by atoms with Gasteiger partial charge in [0.15, 0.2) is 5.58 Å². The minimum absolute atomic E-state index is 0.636. The van der Waals surface area contributed by atoms with Gasteiger partial charge in [0.25, 0.3) is 0 Å². The lowest BCUT2D eigenvalue weighted by Crippen LogP contribution is -1.94. The van der Waals surface area contributed by atoms with Crippen molar-refractivity contribution in [3.05, 3.63) is 175 Å². The topological polar surface area (TPSA) is 26.0 Å². The minimum Gasteiger partial charge on any atom is -0.436 e. The summed E-state index contributed by atoms with van der Waals surface area (Å²) in [4.78, 5) is 5.09. The van der Waals surface area contributed by atoms with Gasteiger partial charge in [0, 0.05) is 5.56 Å². The van der Waals surface area contributed by atoms with Crippen LogP contribution in [-0.4, -0.2) is 4.98 Å². The Labute approximate surface area is 290 Å². The molecule has 50 heavy (non-hydrogen) atoms. The SMILES string of the molecule is Cc1ccc2oc(-c3cc(-c4ccccc4-c4ccccc4)c4ccc5ccc(-c6ccccc6-c6ccccc6)c6ccc3c4c56)nc2c1. The highest BCUT2D eigenvalue weighted by Gasteiger charge is 2.22. The predicted molar refractivity (Wildman–Crippen MR) is 210 cm³/mol. The number of oxazole rings is 1. The van der Waals surface area contributed by atoms with E-state index in [0.717, 1.165) is 33.2 Å². The van der Waals surface area contributed by atoms with Gasteiger partial charge < -0.3 is 4.42 Å². The standard InChI is InChI=1S/C48H31NO/c1-30-20-27-45-44(28-30)49-48(50-45)43-29-42(37-19-11-9-17-35(37)32-14-6-3-7-15-32)40-24-22-33-21-23-38(39-25-26-41(43)47(40)46(33)39)36-18-10-8-16-34(36)31-12-4-2-5-13-31/h2-29H,1H3. The third kappa shape index (κ3) is 4.46. The van der Waals surface area contributed by atoms with Crippen LogP contribution in [0.2, 0.25) is 0 Å². The summed E-state index contributed by atoms with van der Waals surface area (Å²) in [7, 11) is 0. The Balaban J connectivity index is 1.32. The maximum absolute atomic E-state index is 6.55. The van der Waals surface area contributed by atoms with Crippen molar-refractivity contribution in [2.75, 3.05) is 0 Å². The Bertz CT molecular complexity index is 2860. The number of fused-ring (bicyclic) bond motifs is 1. The van der Waals surface area contributed by atoms with E-state index in [1.54, 1.807) is 0 Å². The van der Waals surface area contributed by atoms with E-state index in [2.05, 4.69) is 171 Å². The van der Waals surface area contributed by atoms with Crippen molar-refractivity contribution in [2.45, 2.75) is 6.92 Å². The van der Waals surface area contributed by atoms with Gasteiger partial charge >= 0.3 is 0 Å². The van der Waals surface area contributed by atoms with Gasteiger partial charge in [0.2, 0.25) is 5.89 Å². The summed E-state index contributed by atoms with van der Waals surface area (Å²) in [5, 5.41) is 7.28. The molecular weight excluding hydrogens is 607 g/mol. The first-order valence-corrected chi connectivity index (χ1v) is 17.1. The Morgan fingerprint density at radius 1 is 0.400 bits per heavy atom. The molecule has 1 heterocycles. The molecule has 0 fully saturated rings. The van der Waals surface area contributed by atoms with Crippen molar-refractivity contribution in [3.8, 4) is 56.0 Å². The zero-order valence-electron chi connectivity index (χ0n) is 27.5. The van der Waals surface area contributed by atoms with Gasteiger partial charge in [-0.3, -0.25) is 0 Å². The molecule has 0 aliphatic rings. The van der Waals surface area contributed by atoms with Crippen LogP contribution in [0.15, 0.2) is 174 Å². The van der Waals surface area contributed by atoms with Crippen LogP contribution in [0.4, 0.5) is 0 Å². The first-order valence-electron chi connectivity index (χ1n) is 17.1. The van der Waals surface area contributed by atoms with Gasteiger partial charge in [-0.25, -0.2) is 4.98 Å². The molecule has 0 aliphatic carbocycles. The zero-order chi connectivity index (χ0) is 33.2. The maximum atomic E-state index is 6.55. The van der Waals surface area contributed by atoms with Gasteiger partial charge in [-0.15, -0.1) is 0 Å². The highest BCUT2D eigenvalue weighted by atomic mass is 16.3. The van der Waals surface area contributed by atoms with Crippen LogP contribution >= 0.6 is 0 Å². The Hall–Kier alpha value is -6.51. The van der Waals surface area contributed by atoms with E-state index >= 15 is 0 Å². The zero-order valence-corrected chi connectivity index (χ0v) is 27.5. The Kier molecular flexibility index (Phi) is 6.43. The fraction of sp³-hybridized carbons (Fsp3) is 0.0208. The number of hydrogen-bond donors (Lipinski definition) is 0. The molecule has 0 spiro atoms. The fourth-order valence-electron chi connectivity index (χ4n) is 7.86. The molecule has 0 unspecified atom stereocenters. The second-order valence-corrected chi connectivity index (χ2v) is 13.1. The van der Waals surface area contributed by atoms with Gasteiger partial charge in [-0.05, 0) is 108 Å². The third-order valence-corrected chi connectivity index (χ3v) is 10.2. The van der Waals surface area contributed by atoms with Crippen molar-refractivity contribution in [1.82, 2.24) is 4.98 Å². The van der Waals surface area contributed by atoms with Crippen LogP contribution in [-0.2, 0) is 0 Å². The number of nitrogens with zero attached hydrogens (tertiary/aromatic N) is 1. The minimum atomic E-state index is 0.636. The molecule has 2 nitrogen and oxygen atoms in total. The molecule has 0 aliphatic heterocycles. The van der Waals surface area contributed by atoms with Crippen molar-refractivity contribution in [2.24, 2.45) is 0 Å². The van der Waals surface area contributed by atoms with E-state index in [1.807, 2.05) is 6.07 Å². The molecule has 10 rings (SSSR count). The highest BCUT2D eigenvalue weighted by molar-refractivity contribution is 6.30. The monoisotopic (exact) mass is 637 g/mol. The number of aromatic nitrogens is 1. The lowest BCUT2D eigenvalue weighted by atomic mass is 9.83. The summed E-state index contributed by atoms with van der Waals surface area (Å²) >= 11 is 0. The normalized spacial score (nSPS) is 11.7. The smallest absolute Gasteiger partial charge is 0.227 e. The first-order chi connectivity index (χ1) is 24.7. The molecule has 0 amide bonds. The molecule has 0 N–H and O–H groups in total. The number of aryl methyl sites for hydroxylation is 1. The summed E-state index contributed by atoms with van der Waals surface area (Å²) in [6.45, 7) is 2.09. The van der Waals surface area contributed by atoms with Crippen molar-refractivity contribution in [1.29, 1.82) is 0 Å². The lowest BCUT2D eigenvalue weighted by molar-refractivity contribution is 0.620. The second kappa shape index (κ2) is 11.3. The lowest BCUT2D eigenvalue weighted by Gasteiger charge is -2.20. The summed E-state index contributed by atoms with van der Waals surface area (Å²) in [6.07, 6.45) is 0. The number of rotatable bonds is 5. The molecular formula is C48H31NO. The van der Waals surface area contributed by atoms with Gasteiger partial charge in [0.1, 0.15) is 5.52 Å². The molecule has 2 heteroatoms. The maximum Gasteiger partial charge on any atom is 0.227 e. The fourth-order valence-corrected chi connectivity index (χ4v) is 7.86. The molecule has 9 aromatic carbocycles.